The zero-order valence-corrected chi connectivity index (χ0v) is 5.55. The van der Waals surface area contributed by atoms with E-state index in [1.165, 1.54) is 6.20 Å². The van der Waals surface area contributed by atoms with E-state index in [9.17, 15) is 0 Å². The minimum absolute atomic E-state index is 0.109. The molecule has 0 aliphatic heterocycles. The molecule has 0 atom stereocenters. The molecule has 1 aromatic rings. The zero-order chi connectivity index (χ0) is 6.85. The smallest absolute Gasteiger partial charge is 0.235 e. The van der Waals surface area contributed by atoms with Crippen LogP contribution in [0.2, 0.25) is 5.02 Å². The molecule has 0 unspecified atom stereocenters. The molecule has 4 heteroatoms. The van der Waals surface area contributed by atoms with Crippen molar-refractivity contribution < 1.29 is 5.11 Å². The lowest BCUT2D eigenvalue weighted by Crippen LogP contribution is -1.84. The van der Waals surface area contributed by atoms with E-state index in [0.717, 1.165) is 0 Å². The first-order valence-electron chi connectivity index (χ1n) is 2.38. The summed E-state index contributed by atoms with van der Waals surface area (Å²) in [5.41, 5.74) is 0.562. The summed E-state index contributed by atoms with van der Waals surface area (Å²) in [7, 11) is 0. The standard InChI is InChI=1S/C5H5ClN2O/c1-3-4(6)2-7-8-5(3)9/h2H,1H3,(H,8,9). The Kier molecular flexibility index (Phi) is 1.53. The largest absolute Gasteiger partial charge is 0.492 e. The molecule has 0 spiro atoms. The first-order chi connectivity index (χ1) is 4.22. The highest BCUT2D eigenvalue weighted by atomic mass is 35.5. The van der Waals surface area contributed by atoms with Crippen LogP contribution in [0.15, 0.2) is 6.20 Å². The summed E-state index contributed by atoms with van der Waals surface area (Å²) in [4.78, 5) is 0. The average molecular weight is 145 g/mol. The molecule has 0 fully saturated rings. The van der Waals surface area contributed by atoms with Gasteiger partial charge in [0.25, 0.3) is 0 Å². The first-order valence-corrected chi connectivity index (χ1v) is 2.76. The molecule has 1 heterocycles. The molecule has 0 aliphatic carbocycles. The summed E-state index contributed by atoms with van der Waals surface area (Å²) in [6, 6.07) is 0. The second-order valence-electron chi connectivity index (χ2n) is 1.64. The monoisotopic (exact) mass is 144 g/mol. The van der Waals surface area contributed by atoms with Crippen molar-refractivity contribution in [3.63, 3.8) is 0 Å². The Morgan fingerprint density at radius 2 is 2.33 bits per heavy atom. The van der Waals surface area contributed by atoms with E-state index >= 15 is 0 Å². The van der Waals surface area contributed by atoms with E-state index in [1.807, 2.05) is 0 Å². The van der Waals surface area contributed by atoms with Crippen LogP contribution in [0.1, 0.15) is 5.56 Å². The summed E-state index contributed by atoms with van der Waals surface area (Å²) >= 11 is 5.55. The highest BCUT2D eigenvalue weighted by Crippen LogP contribution is 2.18. The van der Waals surface area contributed by atoms with Crippen molar-refractivity contribution in [2.75, 3.05) is 0 Å². The number of aromatic nitrogens is 2. The molecule has 0 radical (unpaired) electrons. The topological polar surface area (TPSA) is 46.0 Å². The van der Waals surface area contributed by atoms with Gasteiger partial charge in [0, 0.05) is 5.56 Å². The SMILES string of the molecule is Cc1c(Cl)cnnc1O. The first kappa shape index (κ1) is 6.29. The Balaban J connectivity index is 3.25. The van der Waals surface area contributed by atoms with Crippen LogP contribution in [0.5, 0.6) is 5.88 Å². The number of hydrogen-bond donors (Lipinski definition) is 1. The quantitative estimate of drug-likeness (QED) is 0.594. The van der Waals surface area contributed by atoms with Crippen LogP contribution < -0.4 is 0 Å². The van der Waals surface area contributed by atoms with E-state index in [4.69, 9.17) is 16.7 Å². The summed E-state index contributed by atoms with van der Waals surface area (Å²) in [6.45, 7) is 1.67. The van der Waals surface area contributed by atoms with E-state index in [2.05, 4.69) is 10.2 Å². The maximum atomic E-state index is 8.84. The minimum atomic E-state index is -0.109. The lowest BCUT2D eigenvalue weighted by atomic mass is 10.3. The highest BCUT2D eigenvalue weighted by Gasteiger charge is 1.99. The normalized spacial score (nSPS) is 9.56. The van der Waals surface area contributed by atoms with Gasteiger partial charge in [-0.2, -0.15) is 5.10 Å². The van der Waals surface area contributed by atoms with Crippen molar-refractivity contribution in [1.82, 2.24) is 10.2 Å². The van der Waals surface area contributed by atoms with Gasteiger partial charge < -0.3 is 5.11 Å². The Morgan fingerprint density at radius 1 is 1.67 bits per heavy atom. The van der Waals surface area contributed by atoms with Gasteiger partial charge in [-0.05, 0) is 6.92 Å². The van der Waals surface area contributed by atoms with Gasteiger partial charge in [-0.3, -0.25) is 0 Å². The van der Waals surface area contributed by atoms with Crippen LogP contribution in [0.3, 0.4) is 0 Å². The Morgan fingerprint density at radius 3 is 2.78 bits per heavy atom. The molecule has 0 saturated heterocycles. The number of aromatic hydroxyl groups is 1. The predicted octanol–water partition coefficient (Wildman–Crippen LogP) is 1.14. The summed E-state index contributed by atoms with van der Waals surface area (Å²) < 4.78 is 0. The van der Waals surface area contributed by atoms with Gasteiger partial charge in [-0.1, -0.05) is 11.6 Å². The second-order valence-corrected chi connectivity index (χ2v) is 2.05. The van der Waals surface area contributed by atoms with E-state index in [0.29, 0.717) is 10.6 Å². The Hall–Kier alpha value is -0.830. The highest BCUT2D eigenvalue weighted by molar-refractivity contribution is 6.31. The number of nitrogens with zero attached hydrogens (tertiary/aromatic N) is 2. The van der Waals surface area contributed by atoms with Crippen LogP contribution in [0, 0.1) is 6.92 Å². The van der Waals surface area contributed by atoms with Gasteiger partial charge in [0.2, 0.25) is 5.88 Å². The maximum absolute atomic E-state index is 8.84. The summed E-state index contributed by atoms with van der Waals surface area (Å²) in [5.74, 6) is -0.109. The molecule has 9 heavy (non-hydrogen) atoms. The number of rotatable bonds is 0. The van der Waals surface area contributed by atoms with E-state index in [-0.39, 0.29) is 5.88 Å². The third-order valence-electron chi connectivity index (χ3n) is 1.02. The zero-order valence-electron chi connectivity index (χ0n) is 4.80. The lowest BCUT2D eigenvalue weighted by molar-refractivity contribution is 0.440. The fraction of sp³-hybridized carbons (Fsp3) is 0.200. The molecular weight excluding hydrogens is 140 g/mol. The van der Waals surface area contributed by atoms with Crippen LogP contribution in [-0.2, 0) is 0 Å². The molecule has 1 aromatic heterocycles. The van der Waals surface area contributed by atoms with Gasteiger partial charge in [0.1, 0.15) is 0 Å². The third kappa shape index (κ3) is 1.10. The van der Waals surface area contributed by atoms with Crippen molar-refractivity contribution >= 4 is 11.6 Å². The molecule has 0 saturated carbocycles. The van der Waals surface area contributed by atoms with Crippen LogP contribution in [-0.4, -0.2) is 15.3 Å². The van der Waals surface area contributed by atoms with Crippen molar-refractivity contribution in [1.29, 1.82) is 0 Å². The molecule has 0 amide bonds. The van der Waals surface area contributed by atoms with Gasteiger partial charge in [-0.15, -0.1) is 5.10 Å². The van der Waals surface area contributed by atoms with Crippen molar-refractivity contribution in [3.05, 3.63) is 16.8 Å². The fourth-order valence-electron chi connectivity index (χ4n) is 0.413. The second kappa shape index (κ2) is 2.19. The molecule has 1 rings (SSSR count). The van der Waals surface area contributed by atoms with Crippen LogP contribution in [0.25, 0.3) is 0 Å². The van der Waals surface area contributed by atoms with Gasteiger partial charge in [-0.25, -0.2) is 0 Å². The van der Waals surface area contributed by atoms with Gasteiger partial charge >= 0.3 is 0 Å². The molecule has 1 N–H and O–H groups in total. The van der Waals surface area contributed by atoms with E-state index in [1.54, 1.807) is 6.92 Å². The summed E-state index contributed by atoms with van der Waals surface area (Å²) in [5, 5.41) is 16.0. The number of hydrogen-bond acceptors (Lipinski definition) is 3. The van der Waals surface area contributed by atoms with Crippen molar-refractivity contribution in [2.24, 2.45) is 0 Å². The van der Waals surface area contributed by atoms with Crippen LogP contribution in [0.4, 0.5) is 0 Å². The molecule has 0 bridgehead atoms. The number of halogens is 1. The molecule has 3 nitrogen and oxygen atoms in total. The fourth-order valence-corrected chi connectivity index (χ4v) is 0.541. The van der Waals surface area contributed by atoms with Crippen LogP contribution >= 0.6 is 11.6 Å². The third-order valence-corrected chi connectivity index (χ3v) is 1.40. The molecule has 0 aromatic carbocycles. The predicted molar refractivity (Wildman–Crippen MR) is 33.4 cm³/mol. The summed E-state index contributed by atoms with van der Waals surface area (Å²) in [6.07, 6.45) is 1.39. The van der Waals surface area contributed by atoms with Crippen molar-refractivity contribution in [2.45, 2.75) is 6.92 Å². The molecule has 48 valence electrons. The maximum Gasteiger partial charge on any atom is 0.235 e. The Labute approximate surface area is 57.3 Å². The van der Waals surface area contributed by atoms with Gasteiger partial charge in [0.15, 0.2) is 0 Å². The molecule has 0 aliphatic rings. The molecular formula is C5H5ClN2O. The van der Waals surface area contributed by atoms with E-state index < -0.39 is 0 Å². The lowest BCUT2D eigenvalue weighted by Gasteiger charge is -1.94. The van der Waals surface area contributed by atoms with Gasteiger partial charge in [0.05, 0.1) is 11.2 Å². The minimum Gasteiger partial charge on any atom is -0.492 e. The average Bonchev–Trinajstić information content (AvgIpc) is 1.83. The van der Waals surface area contributed by atoms with Crippen molar-refractivity contribution in [3.8, 4) is 5.88 Å². The Bertz CT molecular complexity index is 206.